The molecule has 15 heavy (non-hydrogen) atoms. The first-order valence-corrected chi connectivity index (χ1v) is 6.35. The molecule has 0 saturated carbocycles. The van der Waals surface area contributed by atoms with Crippen LogP contribution >= 0.6 is 0 Å². The van der Waals surface area contributed by atoms with Crippen LogP contribution in [0.3, 0.4) is 0 Å². The lowest BCUT2D eigenvalue weighted by atomic mass is 10.5. The van der Waals surface area contributed by atoms with Gasteiger partial charge in [-0.15, -0.1) is 0 Å². The Morgan fingerprint density at radius 1 is 1.47 bits per heavy atom. The number of hydrogen-bond acceptors (Lipinski definition) is 6. The lowest BCUT2D eigenvalue weighted by Crippen LogP contribution is -2.14. The quantitative estimate of drug-likeness (QED) is 0.764. The molecule has 1 rings (SSSR count). The van der Waals surface area contributed by atoms with Gasteiger partial charge < -0.3 is 10.1 Å². The average molecular weight is 231 g/mol. The zero-order chi connectivity index (χ0) is 11.3. The first-order valence-electron chi connectivity index (χ1n) is 4.29. The maximum atomic E-state index is 10.8. The third-order valence-electron chi connectivity index (χ3n) is 1.63. The molecular formula is C8H13N3O3S. The molecule has 0 saturated heterocycles. The van der Waals surface area contributed by atoms with Gasteiger partial charge in [0.05, 0.1) is 12.9 Å². The summed E-state index contributed by atoms with van der Waals surface area (Å²) in [6.45, 7) is 0.318. The molecule has 0 fully saturated rings. The molecule has 0 aliphatic rings. The van der Waals surface area contributed by atoms with Gasteiger partial charge in [0, 0.05) is 18.9 Å². The average Bonchev–Trinajstić information content (AvgIpc) is 2.16. The topological polar surface area (TPSA) is 81.2 Å². The summed E-state index contributed by atoms with van der Waals surface area (Å²) in [5, 5.41) is 2.87. The molecule has 1 N–H and O–H groups in total. The Kier molecular flexibility index (Phi) is 3.84. The molecule has 0 radical (unpaired) electrons. The van der Waals surface area contributed by atoms with Gasteiger partial charge >= 0.3 is 0 Å². The summed E-state index contributed by atoms with van der Waals surface area (Å²) in [6, 6.07) is 1.60. The first kappa shape index (κ1) is 11.7. The second kappa shape index (κ2) is 4.92. The summed E-state index contributed by atoms with van der Waals surface area (Å²) in [7, 11) is -1.44. The molecule has 7 heteroatoms. The van der Waals surface area contributed by atoms with Gasteiger partial charge in [-0.2, -0.15) is 0 Å². The Hall–Kier alpha value is -1.37. The first-order chi connectivity index (χ1) is 7.01. The highest BCUT2D eigenvalue weighted by atomic mass is 32.2. The van der Waals surface area contributed by atoms with Gasteiger partial charge in [-0.05, 0) is 0 Å². The number of ether oxygens (including phenoxy) is 1. The van der Waals surface area contributed by atoms with Gasteiger partial charge in [-0.3, -0.25) is 0 Å². The van der Waals surface area contributed by atoms with Crippen LogP contribution in [-0.2, 0) is 9.84 Å². The molecule has 1 heterocycles. The van der Waals surface area contributed by atoms with E-state index in [0.717, 1.165) is 0 Å². The molecule has 0 atom stereocenters. The van der Waals surface area contributed by atoms with Crippen molar-refractivity contribution in [1.82, 2.24) is 9.97 Å². The van der Waals surface area contributed by atoms with E-state index in [2.05, 4.69) is 15.3 Å². The minimum atomic E-state index is -2.95. The fraction of sp³-hybridized carbons (Fsp3) is 0.500. The van der Waals surface area contributed by atoms with E-state index in [9.17, 15) is 8.42 Å². The molecule has 0 bridgehead atoms. The predicted molar refractivity (Wildman–Crippen MR) is 56.8 cm³/mol. The van der Waals surface area contributed by atoms with Crippen LogP contribution in [0.25, 0.3) is 0 Å². The third kappa shape index (κ3) is 4.59. The van der Waals surface area contributed by atoms with Gasteiger partial charge in [-0.1, -0.05) is 0 Å². The second-order valence-electron chi connectivity index (χ2n) is 3.00. The Balaban J connectivity index is 2.51. The van der Waals surface area contributed by atoms with E-state index >= 15 is 0 Å². The van der Waals surface area contributed by atoms with Crippen LogP contribution in [-0.4, -0.2) is 44.0 Å². The summed E-state index contributed by atoms with van der Waals surface area (Å²) in [6.07, 6.45) is 2.54. The van der Waals surface area contributed by atoms with Crippen LogP contribution in [0.1, 0.15) is 0 Å². The molecule has 1 aromatic heterocycles. The number of aromatic nitrogens is 2. The normalized spacial score (nSPS) is 11.1. The number of sulfone groups is 1. The minimum absolute atomic E-state index is 0.0688. The zero-order valence-corrected chi connectivity index (χ0v) is 9.41. The SMILES string of the molecule is COc1cc(NCCS(C)(=O)=O)ncn1. The van der Waals surface area contributed by atoms with E-state index in [1.165, 1.54) is 19.7 Å². The zero-order valence-electron chi connectivity index (χ0n) is 8.60. The highest BCUT2D eigenvalue weighted by Crippen LogP contribution is 2.09. The highest BCUT2D eigenvalue weighted by Gasteiger charge is 2.02. The lowest BCUT2D eigenvalue weighted by Gasteiger charge is -2.05. The largest absolute Gasteiger partial charge is 0.481 e. The Labute approximate surface area is 88.6 Å². The van der Waals surface area contributed by atoms with E-state index in [1.54, 1.807) is 6.07 Å². The van der Waals surface area contributed by atoms with Crippen LogP contribution in [0.2, 0.25) is 0 Å². The molecule has 0 amide bonds. The van der Waals surface area contributed by atoms with E-state index in [-0.39, 0.29) is 5.75 Å². The monoisotopic (exact) mass is 231 g/mol. The van der Waals surface area contributed by atoms with Crippen LogP contribution in [0.5, 0.6) is 5.88 Å². The van der Waals surface area contributed by atoms with Crippen LogP contribution in [0.15, 0.2) is 12.4 Å². The molecule has 0 aliphatic carbocycles. The summed E-state index contributed by atoms with van der Waals surface area (Å²) in [5.41, 5.74) is 0. The standard InChI is InChI=1S/C8H13N3O3S/c1-14-8-5-7(10-6-11-8)9-3-4-15(2,12)13/h5-6H,3-4H2,1-2H3,(H,9,10,11). The molecule has 0 aliphatic heterocycles. The van der Waals surface area contributed by atoms with E-state index in [1.807, 2.05) is 0 Å². The number of rotatable bonds is 5. The Morgan fingerprint density at radius 2 is 2.20 bits per heavy atom. The molecule has 0 aromatic carbocycles. The Bertz CT molecular complexity index is 419. The van der Waals surface area contributed by atoms with Crippen molar-refractivity contribution in [3.05, 3.63) is 12.4 Å². The highest BCUT2D eigenvalue weighted by molar-refractivity contribution is 7.90. The lowest BCUT2D eigenvalue weighted by molar-refractivity contribution is 0.397. The fourth-order valence-electron chi connectivity index (χ4n) is 0.912. The van der Waals surface area contributed by atoms with Crippen molar-refractivity contribution in [3.8, 4) is 5.88 Å². The number of hydrogen-bond donors (Lipinski definition) is 1. The van der Waals surface area contributed by atoms with Crippen LogP contribution < -0.4 is 10.1 Å². The smallest absolute Gasteiger partial charge is 0.218 e. The van der Waals surface area contributed by atoms with Crippen molar-refractivity contribution in [3.63, 3.8) is 0 Å². The predicted octanol–water partition coefficient (Wildman–Crippen LogP) is -0.0583. The van der Waals surface area contributed by atoms with Crippen LogP contribution in [0.4, 0.5) is 5.82 Å². The summed E-state index contributed by atoms with van der Waals surface area (Å²) >= 11 is 0. The number of anilines is 1. The van der Waals surface area contributed by atoms with Crippen molar-refractivity contribution in [1.29, 1.82) is 0 Å². The molecular weight excluding hydrogens is 218 g/mol. The van der Waals surface area contributed by atoms with Crippen molar-refractivity contribution in [2.24, 2.45) is 0 Å². The maximum absolute atomic E-state index is 10.8. The van der Waals surface area contributed by atoms with Crippen molar-refractivity contribution < 1.29 is 13.2 Å². The van der Waals surface area contributed by atoms with Crippen molar-refractivity contribution >= 4 is 15.7 Å². The summed E-state index contributed by atoms with van der Waals surface area (Å²) < 4.78 is 26.6. The van der Waals surface area contributed by atoms with Gasteiger partial charge in [0.1, 0.15) is 22.0 Å². The fourth-order valence-corrected chi connectivity index (χ4v) is 1.39. The van der Waals surface area contributed by atoms with E-state index < -0.39 is 9.84 Å². The third-order valence-corrected chi connectivity index (χ3v) is 2.58. The number of nitrogens with zero attached hydrogens (tertiary/aromatic N) is 2. The second-order valence-corrected chi connectivity index (χ2v) is 5.26. The minimum Gasteiger partial charge on any atom is -0.481 e. The molecule has 0 unspecified atom stereocenters. The number of nitrogens with one attached hydrogen (secondary N) is 1. The molecule has 0 spiro atoms. The molecule has 84 valence electrons. The number of methoxy groups -OCH3 is 1. The summed E-state index contributed by atoms with van der Waals surface area (Å²) in [4.78, 5) is 7.73. The summed E-state index contributed by atoms with van der Waals surface area (Å²) in [5.74, 6) is 1.05. The van der Waals surface area contributed by atoms with E-state index in [4.69, 9.17) is 4.74 Å². The van der Waals surface area contributed by atoms with Gasteiger partial charge in [0.15, 0.2) is 0 Å². The van der Waals surface area contributed by atoms with E-state index in [0.29, 0.717) is 18.2 Å². The molecule has 6 nitrogen and oxygen atoms in total. The Morgan fingerprint density at radius 3 is 2.80 bits per heavy atom. The van der Waals surface area contributed by atoms with Gasteiger partial charge in [0.2, 0.25) is 5.88 Å². The van der Waals surface area contributed by atoms with Crippen LogP contribution in [0, 0.1) is 0 Å². The van der Waals surface area contributed by atoms with Crippen molar-refractivity contribution in [2.45, 2.75) is 0 Å². The molecule has 1 aromatic rings. The van der Waals surface area contributed by atoms with Gasteiger partial charge in [0.25, 0.3) is 0 Å². The van der Waals surface area contributed by atoms with Gasteiger partial charge in [-0.25, -0.2) is 18.4 Å². The van der Waals surface area contributed by atoms with Crippen molar-refractivity contribution in [2.75, 3.05) is 31.0 Å². The maximum Gasteiger partial charge on any atom is 0.218 e.